The molecule has 134 valence electrons. The Balaban J connectivity index is 1.56. The molecule has 0 aliphatic carbocycles. The number of piperazine rings is 1. The summed E-state index contributed by atoms with van der Waals surface area (Å²) in [4.78, 5) is 2.07. The fraction of sp³-hybridized carbons (Fsp3) is 0.263. The maximum atomic E-state index is 11.6. The minimum atomic E-state index is -3.12. The van der Waals surface area contributed by atoms with Gasteiger partial charge in [-0.05, 0) is 22.9 Å². The molecule has 1 aliphatic heterocycles. The van der Waals surface area contributed by atoms with E-state index in [0.29, 0.717) is 26.2 Å². The van der Waals surface area contributed by atoms with Crippen molar-refractivity contribution < 1.29 is 8.42 Å². The monoisotopic (exact) mass is 368 g/mol. The second-order valence-corrected chi connectivity index (χ2v) is 8.44. The van der Waals surface area contributed by atoms with Gasteiger partial charge in [-0.3, -0.25) is 0 Å². The van der Waals surface area contributed by atoms with Crippen molar-refractivity contribution in [3.05, 3.63) is 54.6 Å². The van der Waals surface area contributed by atoms with Gasteiger partial charge in [-0.1, -0.05) is 42.5 Å². The largest absolute Gasteiger partial charge is 0.352 e. The minimum Gasteiger partial charge on any atom is -0.352 e. The third-order valence-corrected chi connectivity index (χ3v) is 6.05. The van der Waals surface area contributed by atoms with Crippen LogP contribution in [0.15, 0.2) is 54.6 Å². The molecule has 0 bridgehead atoms. The lowest BCUT2D eigenvalue weighted by atomic mass is 10.0. The zero-order valence-corrected chi connectivity index (χ0v) is 15.4. The predicted octanol–water partition coefficient (Wildman–Crippen LogP) is 2.38. The van der Waals surface area contributed by atoms with E-state index in [1.165, 1.54) is 15.9 Å². The van der Waals surface area contributed by atoms with Crippen LogP contribution < -0.4 is 4.90 Å². The molecule has 0 radical (unpaired) electrons. The van der Waals surface area contributed by atoms with Crippen molar-refractivity contribution in [3.63, 3.8) is 0 Å². The third kappa shape index (κ3) is 3.27. The molecule has 2 heterocycles. The first-order valence-electron chi connectivity index (χ1n) is 8.54. The highest BCUT2D eigenvalue weighted by Crippen LogP contribution is 2.27. The molecule has 0 atom stereocenters. The van der Waals surface area contributed by atoms with Crippen molar-refractivity contribution in [2.75, 3.05) is 37.3 Å². The van der Waals surface area contributed by atoms with Crippen molar-refractivity contribution in [2.45, 2.75) is 0 Å². The summed E-state index contributed by atoms with van der Waals surface area (Å²) >= 11 is 0. The van der Waals surface area contributed by atoms with E-state index in [2.05, 4.69) is 39.4 Å². The van der Waals surface area contributed by atoms with E-state index >= 15 is 0 Å². The fourth-order valence-corrected chi connectivity index (χ4v) is 4.16. The number of aromatic nitrogens is 2. The maximum absolute atomic E-state index is 11.6. The highest BCUT2D eigenvalue weighted by Gasteiger charge is 2.24. The molecule has 0 N–H and O–H groups in total. The lowest BCUT2D eigenvalue weighted by molar-refractivity contribution is 0.386. The molecule has 4 rings (SSSR count). The summed E-state index contributed by atoms with van der Waals surface area (Å²) in [5, 5.41) is 11.1. The van der Waals surface area contributed by atoms with Gasteiger partial charge in [-0.2, -0.15) is 4.31 Å². The molecule has 26 heavy (non-hydrogen) atoms. The van der Waals surface area contributed by atoms with Gasteiger partial charge in [0, 0.05) is 31.7 Å². The predicted molar refractivity (Wildman–Crippen MR) is 104 cm³/mol. The van der Waals surface area contributed by atoms with Crippen molar-refractivity contribution >= 4 is 26.6 Å². The van der Waals surface area contributed by atoms with E-state index in [0.717, 1.165) is 22.5 Å². The lowest BCUT2D eigenvalue weighted by Crippen LogP contribution is -2.48. The van der Waals surface area contributed by atoms with Crippen LogP contribution in [0.4, 0.5) is 5.82 Å². The molecule has 0 spiro atoms. The smallest absolute Gasteiger partial charge is 0.211 e. The molecule has 0 saturated carbocycles. The molecule has 3 aromatic rings. The van der Waals surface area contributed by atoms with Crippen LogP contribution in [-0.4, -0.2) is 55.4 Å². The van der Waals surface area contributed by atoms with Crippen LogP contribution in [0, 0.1) is 0 Å². The first-order valence-corrected chi connectivity index (χ1v) is 10.4. The number of hydrogen-bond acceptors (Lipinski definition) is 5. The Bertz CT molecular complexity index is 1020. The third-order valence-electron chi connectivity index (χ3n) is 4.75. The van der Waals surface area contributed by atoms with Crippen molar-refractivity contribution in [3.8, 4) is 11.3 Å². The summed E-state index contributed by atoms with van der Waals surface area (Å²) in [6, 6.07) is 18.3. The van der Waals surface area contributed by atoms with Crippen LogP contribution in [0.2, 0.25) is 0 Å². The van der Waals surface area contributed by atoms with Gasteiger partial charge in [0.25, 0.3) is 0 Å². The van der Waals surface area contributed by atoms with Gasteiger partial charge in [-0.15, -0.1) is 10.2 Å². The standard InChI is InChI=1S/C19H20N4O2S/c1-26(24,25)23-13-11-22(12-14-23)19-10-9-18(20-21-19)17-8-4-6-15-5-2-3-7-16(15)17/h2-10H,11-14H2,1H3. The molecular formula is C19H20N4O2S. The number of anilines is 1. The van der Waals surface area contributed by atoms with Crippen molar-refractivity contribution in [1.82, 2.24) is 14.5 Å². The number of sulfonamides is 1. The van der Waals surface area contributed by atoms with Crippen molar-refractivity contribution in [1.29, 1.82) is 0 Å². The fourth-order valence-electron chi connectivity index (χ4n) is 3.34. The second kappa shape index (κ2) is 6.66. The van der Waals surface area contributed by atoms with Crippen LogP contribution in [-0.2, 0) is 10.0 Å². The van der Waals surface area contributed by atoms with Crippen molar-refractivity contribution in [2.24, 2.45) is 0 Å². The molecule has 6 nitrogen and oxygen atoms in total. The molecule has 7 heteroatoms. The average Bonchev–Trinajstić information content (AvgIpc) is 2.67. The highest BCUT2D eigenvalue weighted by molar-refractivity contribution is 7.88. The summed E-state index contributed by atoms with van der Waals surface area (Å²) < 4.78 is 24.7. The normalized spacial score (nSPS) is 16.1. The van der Waals surface area contributed by atoms with Gasteiger partial charge >= 0.3 is 0 Å². The van der Waals surface area contributed by atoms with E-state index in [9.17, 15) is 8.42 Å². The Hall–Kier alpha value is -2.51. The van der Waals surface area contributed by atoms with Crippen LogP contribution in [0.25, 0.3) is 22.0 Å². The number of fused-ring (bicyclic) bond motifs is 1. The first-order chi connectivity index (χ1) is 12.5. The summed E-state index contributed by atoms with van der Waals surface area (Å²) in [6.45, 7) is 2.20. The molecule has 2 aromatic carbocycles. The van der Waals surface area contributed by atoms with E-state index in [1.54, 1.807) is 0 Å². The molecule has 1 fully saturated rings. The summed E-state index contributed by atoms with van der Waals surface area (Å²) in [6.07, 6.45) is 1.25. The molecular weight excluding hydrogens is 348 g/mol. The average molecular weight is 368 g/mol. The molecule has 0 amide bonds. The Kier molecular flexibility index (Phi) is 4.34. The number of benzene rings is 2. The first kappa shape index (κ1) is 16.9. The minimum absolute atomic E-state index is 0.478. The van der Waals surface area contributed by atoms with Crippen LogP contribution in [0.5, 0.6) is 0 Å². The van der Waals surface area contributed by atoms with E-state index in [1.807, 2.05) is 30.3 Å². The topological polar surface area (TPSA) is 66.4 Å². The van der Waals surface area contributed by atoms with Gasteiger partial charge in [-0.25, -0.2) is 8.42 Å². The quantitative estimate of drug-likeness (QED) is 0.710. The zero-order chi connectivity index (χ0) is 18.1. The Morgan fingerprint density at radius 1 is 0.846 bits per heavy atom. The van der Waals surface area contributed by atoms with E-state index in [-0.39, 0.29) is 0 Å². The second-order valence-electron chi connectivity index (χ2n) is 6.45. The lowest BCUT2D eigenvalue weighted by Gasteiger charge is -2.33. The Morgan fingerprint density at radius 3 is 2.27 bits per heavy atom. The van der Waals surface area contributed by atoms with Gasteiger partial charge in [0.05, 0.1) is 11.9 Å². The van der Waals surface area contributed by atoms with Gasteiger partial charge < -0.3 is 4.90 Å². The number of hydrogen-bond donors (Lipinski definition) is 0. The van der Waals surface area contributed by atoms with Gasteiger partial charge in [0.2, 0.25) is 10.0 Å². The van der Waals surface area contributed by atoms with E-state index < -0.39 is 10.0 Å². The van der Waals surface area contributed by atoms with E-state index in [4.69, 9.17) is 0 Å². The molecule has 1 aliphatic rings. The highest BCUT2D eigenvalue weighted by atomic mass is 32.2. The summed E-state index contributed by atoms with van der Waals surface area (Å²) in [7, 11) is -3.12. The molecule has 1 aromatic heterocycles. The Labute approximate surface area is 153 Å². The van der Waals surface area contributed by atoms with Gasteiger partial charge in [0.1, 0.15) is 0 Å². The Morgan fingerprint density at radius 2 is 1.58 bits per heavy atom. The maximum Gasteiger partial charge on any atom is 0.211 e. The summed E-state index contributed by atoms with van der Waals surface area (Å²) in [5.74, 6) is 0.780. The number of nitrogens with zero attached hydrogens (tertiary/aromatic N) is 4. The molecule has 1 saturated heterocycles. The van der Waals surface area contributed by atoms with Gasteiger partial charge in [0.15, 0.2) is 5.82 Å². The number of rotatable bonds is 3. The van der Waals surface area contributed by atoms with Crippen LogP contribution in [0.3, 0.4) is 0 Å². The van der Waals surface area contributed by atoms with Crippen LogP contribution in [0.1, 0.15) is 0 Å². The zero-order valence-electron chi connectivity index (χ0n) is 14.5. The SMILES string of the molecule is CS(=O)(=O)N1CCN(c2ccc(-c3cccc4ccccc34)nn2)CC1. The summed E-state index contributed by atoms with van der Waals surface area (Å²) in [5.41, 5.74) is 1.89. The van der Waals surface area contributed by atoms with Crippen LogP contribution >= 0.6 is 0 Å². The molecule has 0 unspecified atom stereocenters.